The van der Waals surface area contributed by atoms with E-state index >= 15 is 0 Å². The molecule has 2 unspecified atom stereocenters. The first-order valence-corrected chi connectivity index (χ1v) is 6.24. The number of carbonyl (C=O) groups excluding carboxylic acids is 1. The van der Waals surface area contributed by atoms with Crippen LogP contribution in [0.3, 0.4) is 0 Å². The molecule has 1 fully saturated rings. The van der Waals surface area contributed by atoms with E-state index in [1.54, 1.807) is 11.8 Å². The molecule has 2 rings (SSSR count). The van der Waals surface area contributed by atoms with Crippen molar-refractivity contribution in [1.82, 2.24) is 20.1 Å². The molecule has 1 saturated carbocycles. The monoisotopic (exact) mass is 236 g/mol. The second-order valence-corrected chi connectivity index (χ2v) is 5.09. The van der Waals surface area contributed by atoms with Crippen molar-refractivity contribution in [1.29, 1.82) is 0 Å². The molecule has 0 radical (unpaired) electrons. The fraction of sp³-hybridized carbons (Fsp3) is 0.750. The van der Waals surface area contributed by atoms with E-state index in [4.69, 9.17) is 0 Å². The third kappa shape index (κ3) is 2.65. The predicted molar refractivity (Wildman–Crippen MR) is 64.6 cm³/mol. The van der Waals surface area contributed by atoms with E-state index in [0.717, 1.165) is 12.8 Å². The Morgan fingerprint density at radius 1 is 1.47 bits per heavy atom. The molecule has 2 atom stereocenters. The SMILES string of the molecule is Cc1nc(C(=O)N(C)C2CCCC(C)C2)n[nH]1. The number of amides is 1. The number of nitrogens with one attached hydrogen (secondary N) is 1. The smallest absolute Gasteiger partial charge is 0.293 e. The van der Waals surface area contributed by atoms with Crippen molar-refractivity contribution in [2.24, 2.45) is 5.92 Å². The summed E-state index contributed by atoms with van der Waals surface area (Å²) in [7, 11) is 1.86. The molecular weight excluding hydrogens is 216 g/mol. The molecule has 17 heavy (non-hydrogen) atoms. The number of hydrogen-bond donors (Lipinski definition) is 1. The van der Waals surface area contributed by atoms with Crippen LogP contribution in [0.4, 0.5) is 0 Å². The van der Waals surface area contributed by atoms with Crippen LogP contribution in [0.15, 0.2) is 0 Å². The zero-order valence-corrected chi connectivity index (χ0v) is 10.7. The van der Waals surface area contributed by atoms with E-state index in [1.807, 2.05) is 7.05 Å². The highest BCUT2D eigenvalue weighted by Gasteiger charge is 2.27. The molecule has 0 aliphatic heterocycles. The Balaban J connectivity index is 2.04. The molecule has 5 nitrogen and oxygen atoms in total. The van der Waals surface area contributed by atoms with Gasteiger partial charge in [0.25, 0.3) is 5.91 Å². The van der Waals surface area contributed by atoms with E-state index in [-0.39, 0.29) is 11.7 Å². The minimum atomic E-state index is -0.0755. The Kier molecular flexibility index (Phi) is 3.45. The number of H-pyrrole nitrogens is 1. The third-order valence-electron chi connectivity index (χ3n) is 3.57. The number of aromatic amines is 1. The second kappa shape index (κ2) is 4.85. The number of aromatic nitrogens is 3. The van der Waals surface area contributed by atoms with Gasteiger partial charge in [0.1, 0.15) is 5.82 Å². The topological polar surface area (TPSA) is 61.9 Å². The van der Waals surface area contributed by atoms with Crippen LogP contribution >= 0.6 is 0 Å². The summed E-state index contributed by atoms with van der Waals surface area (Å²) in [5.41, 5.74) is 0. The van der Waals surface area contributed by atoms with Crippen LogP contribution in [0, 0.1) is 12.8 Å². The van der Waals surface area contributed by atoms with Gasteiger partial charge < -0.3 is 4.90 Å². The van der Waals surface area contributed by atoms with E-state index < -0.39 is 0 Å². The number of rotatable bonds is 2. The summed E-state index contributed by atoms with van der Waals surface area (Å²) in [6.45, 7) is 4.05. The van der Waals surface area contributed by atoms with Crippen molar-refractivity contribution >= 4 is 5.91 Å². The van der Waals surface area contributed by atoms with Gasteiger partial charge in [0, 0.05) is 13.1 Å². The number of hydrogen-bond acceptors (Lipinski definition) is 3. The Morgan fingerprint density at radius 2 is 2.24 bits per heavy atom. The fourth-order valence-electron chi connectivity index (χ4n) is 2.52. The molecule has 0 saturated heterocycles. The predicted octanol–water partition coefficient (Wildman–Crippen LogP) is 1.76. The van der Waals surface area contributed by atoms with Gasteiger partial charge in [-0.1, -0.05) is 19.8 Å². The lowest BCUT2D eigenvalue weighted by molar-refractivity contribution is 0.0660. The summed E-state index contributed by atoms with van der Waals surface area (Å²) in [6.07, 6.45) is 4.66. The van der Waals surface area contributed by atoms with Crippen LogP contribution in [-0.2, 0) is 0 Å². The summed E-state index contributed by atoms with van der Waals surface area (Å²) >= 11 is 0. The van der Waals surface area contributed by atoms with Crippen LogP contribution < -0.4 is 0 Å². The van der Waals surface area contributed by atoms with Crippen molar-refractivity contribution in [2.45, 2.75) is 45.6 Å². The van der Waals surface area contributed by atoms with E-state index in [1.165, 1.54) is 12.8 Å². The van der Waals surface area contributed by atoms with Crippen molar-refractivity contribution in [3.63, 3.8) is 0 Å². The van der Waals surface area contributed by atoms with Gasteiger partial charge >= 0.3 is 0 Å². The van der Waals surface area contributed by atoms with Gasteiger partial charge in [-0.25, -0.2) is 4.98 Å². The van der Waals surface area contributed by atoms with Crippen molar-refractivity contribution < 1.29 is 4.79 Å². The van der Waals surface area contributed by atoms with Crippen molar-refractivity contribution in [3.8, 4) is 0 Å². The number of nitrogens with zero attached hydrogens (tertiary/aromatic N) is 3. The zero-order valence-electron chi connectivity index (χ0n) is 10.7. The van der Waals surface area contributed by atoms with Gasteiger partial charge in [-0.2, -0.15) is 0 Å². The molecule has 0 aromatic carbocycles. The van der Waals surface area contributed by atoms with Gasteiger partial charge in [-0.3, -0.25) is 9.89 Å². The van der Waals surface area contributed by atoms with Crippen LogP contribution in [0.5, 0.6) is 0 Å². The second-order valence-electron chi connectivity index (χ2n) is 5.09. The van der Waals surface area contributed by atoms with Crippen LogP contribution in [0.25, 0.3) is 0 Å². The summed E-state index contributed by atoms with van der Waals surface area (Å²) < 4.78 is 0. The number of aryl methyl sites for hydroxylation is 1. The molecule has 94 valence electrons. The molecule has 0 bridgehead atoms. The summed E-state index contributed by atoms with van der Waals surface area (Å²) in [5.74, 6) is 1.59. The molecule has 1 N–H and O–H groups in total. The lowest BCUT2D eigenvalue weighted by atomic mass is 9.86. The van der Waals surface area contributed by atoms with E-state index in [9.17, 15) is 4.79 Å². The maximum Gasteiger partial charge on any atom is 0.293 e. The fourth-order valence-corrected chi connectivity index (χ4v) is 2.52. The lowest BCUT2D eigenvalue weighted by Gasteiger charge is -2.33. The van der Waals surface area contributed by atoms with Crippen LogP contribution in [-0.4, -0.2) is 39.1 Å². The average Bonchev–Trinajstić information content (AvgIpc) is 2.74. The highest BCUT2D eigenvalue weighted by molar-refractivity contribution is 5.90. The van der Waals surface area contributed by atoms with Crippen molar-refractivity contribution in [2.75, 3.05) is 7.05 Å². The van der Waals surface area contributed by atoms with Gasteiger partial charge in [0.2, 0.25) is 5.82 Å². The van der Waals surface area contributed by atoms with Gasteiger partial charge in [-0.15, -0.1) is 5.10 Å². The normalized spacial score (nSPS) is 24.6. The zero-order chi connectivity index (χ0) is 12.4. The minimum Gasteiger partial charge on any atom is -0.336 e. The maximum atomic E-state index is 12.1. The highest BCUT2D eigenvalue weighted by atomic mass is 16.2. The maximum absolute atomic E-state index is 12.1. The van der Waals surface area contributed by atoms with Crippen LogP contribution in [0.1, 0.15) is 49.1 Å². The molecule has 1 aromatic heterocycles. The molecule has 0 spiro atoms. The van der Waals surface area contributed by atoms with E-state index in [0.29, 0.717) is 17.8 Å². The first-order valence-electron chi connectivity index (χ1n) is 6.24. The first kappa shape index (κ1) is 12.1. The standard InChI is InChI=1S/C12H20N4O/c1-8-5-4-6-10(7-8)16(3)12(17)11-13-9(2)14-15-11/h8,10H,4-7H2,1-3H3,(H,13,14,15). The Labute approximate surface area is 102 Å². The third-order valence-corrected chi connectivity index (χ3v) is 3.57. The highest BCUT2D eigenvalue weighted by Crippen LogP contribution is 2.27. The Hall–Kier alpha value is -1.39. The average molecular weight is 236 g/mol. The van der Waals surface area contributed by atoms with Gasteiger partial charge in [-0.05, 0) is 25.7 Å². The van der Waals surface area contributed by atoms with Crippen LogP contribution in [0.2, 0.25) is 0 Å². The number of carbonyl (C=O) groups is 1. The molecule has 1 aliphatic carbocycles. The quantitative estimate of drug-likeness (QED) is 0.851. The molecule has 5 heteroatoms. The summed E-state index contributed by atoms with van der Waals surface area (Å²) in [6, 6.07) is 0.338. The molecule has 1 aliphatic rings. The molecule has 1 heterocycles. The van der Waals surface area contributed by atoms with Crippen molar-refractivity contribution in [3.05, 3.63) is 11.6 Å². The Morgan fingerprint density at radius 3 is 2.82 bits per heavy atom. The van der Waals surface area contributed by atoms with Gasteiger partial charge in [0.05, 0.1) is 0 Å². The first-order chi connectivity index (χ1) is 8.08. The lowest BCUT2D eigenvalue weighted by Crippen LogP contribution is -2.40. The summed E-state index contributed by atoms with van der Waals surface area (Å²) in [4.78, 5) is 18.0. The molecular formula is C12H20N4O. The Bertz CT molecular complexity index is 401. The van der Waals surface area contributed by atoms with E-state index in [2.05, 4.69) is 22.1 Å². The summed E-state index contributed by atoms with van der Waals surface area (Å²) in [5, 5.41) is 6.63. The largest absolute Gasteiger partial charge is 0.336 e. The molecule has 1 amide bonds. The molecule has 1 aromatic rings. The van der Waals surface area contributed by atoms with Gasteiger partial charge in [0.15, 0.2) is 0 Å². The minimum absolute atomic E-state index is 0.0755.